The molecule has 30 heavy (non-hydrogen) atoms. The van der Waals surface area contributed by atoms with Gasteiger partial charge in [-0.2, -0.15) is 0 Å². The molecule has 162 valence electrons. The number of rotatable bonds is 4. The van der Waals surface area contributed by atoms with Crippen LogP contribution in [-0.2, 0) is 17.3 Å². The maximum atomic E-state index is 12.8. The number of aliphatic hydroxyl groups is 1. The van der Waals surface area contributed by atoms with E-state index in [4.69, 9.17) is 4.42 Å². The fourth-order valence-electron chi connectivity index (χ4n) is 5.17. The predicted molar refractivity (Wildman–Crippen MR) is 119 cm³/mol. The van der Waals surface area contributed by atoms with Gasteiger partial charge in [0.15, 0.2) is 5.76 Å². The van der Waals surface area contributed by atoms with Gasteiger partial charge >= 0.3 is 0 Å². The van der Waals surface area contributed by atoms with E-state index in [9.17, 15) is 9.90 Å². The number of carbonyl (C=O) groups is 1. The van der Waals surface area contributed by atoms with E-state index >= 15 is 0 Å². The molecule has 1 aliphatic heterocycles. The molecule has 1 saturated heterocycles. The second kappa shape index (κ2) is 7.56. The Labute approximate surface area is 180 Å². The quantitative estimate of drug-likeness (QED) is 0.762. The first-order chi connectivity index (χ1) is 14.1. The Morgan fingerprint density at radius 1 is 1.13 bits per heavy atom. The van der Waals surface area contributed by atoms with E-state index in [2.05, 4.69) is 46.8 Å². The van der Waals surface area contributed by atoms with Gasteiger partial charge in [0.25, 0.3) is 5.91 Å². The highest BCUT2D eigenvalue weighted by Gasteiger charge is 2.37. The van der Waals surface area contributed by atoms with Crippen LogP contribution in [0, 0.1) is 6.92 Å². The second-order valence-electron chi connectivity index (χ2n) is 10.5. The second-order valence-corrected chi connectivity index (χ2v) is 10.5. The summed E-state index contributed by atoms with van der Waals surface area (Å²) in [5.41, 5.74) is 5.85. The maximum absolute atomic E-state index is 12.8. The fraction of sp³-hybridized carbons (Fsp3) is 0.577. The Bertz CT molecular complexity index is 953. The van der Waals surface area contributed by atoms with Crippen molar-refractivity contribution in [3.05, 3.63) is 58.0 Å². The highest BCUT2D eigenvalue weighted by molar-refractivity contribution is 5.92. The van der Waals surface area contributed by atoms with Crippen molar-refractivity contribution >= 4 is 5.91 Å². The summed E-state index contributed by atoms with van der Waals surface area (Å²) in [7, 11) is 0. The van der Waals surface area contributed by atoms with E-state index in [1.54, 1.807) is 11.0 Å². The van der Waals surface area contributed by atoms with Crippen LogP contribution in [0.2, 0.25) is 0 Å². The standard InChI is InChI=1S/C26H35NO3/c1-17-13-21-22(26(4,5)11-10-25(21,2)3)15-18(17)14-20-8-9-23(30-20)24(29)27-12-6-7-19(27)16-28/h8-9,13,15,19,28H,6-7,10-12,14,16H2,1-5H3. The van der Waals surface area contributed by atoms with E-state index in [0.29, 0.717) is 18.7 Å². The Balaban J connectivity index is 1.59. The molecule has 4 rings (SSSR count). The Hall–Kier alpha value is -2.07. The van der Waals surface area contributed by atoms with Crippen molar-refractivity contribution in [1.29, 1.82) is 0 Å². The molecule has 1 atom stereocenters. The van der Waals surface area contributed by atoms with E-state index in [1.165, 1.54) is 35.1 Å². The lowest BCUT2D eigenvalue weighted by atomic mass is 9.62. The number of amides is 1. The SMILES string of the molecule is Cc1cc2c(cc1Cc1ccc(C(=O)N3CCCC3CO)o1)C(C)(C)CCC2(C)C. The third kappa shape index (κ3) is 3.71. The van der Waals surface area contributed by atoms with Crippen molar-refractivity contribution in [2.24, 2.45) is 0 Å². The summed E-state index contributed by atoms with van der Waals surface area (Å²) in [6.45, 7) is 12.3. The van der Waals surface area contributed by atoms with Gasteiger partial charge in [-0.1, -0.05) is 39.8 Å². The molecular weight excluding hydrogens is 374 g/mol. The van der Waals surface area contributed by atoms with Crippen molar-refractivity contribution in [3.8, 4) is 0 Å². The maximum Gasteiger partial charge on any atom is 0.289 e. The summed E-state index contributed by atoms with van der Waals surface area (Å²) in [5.74, 6) is 1.08. The van der Waals surface area contributed by atoms with Gasteiger partial charge in [0.2, 0.25) is 0 Å². The molecule has 4 nitrogen and oxygen atoms in total. The molecule has 0 saturated carbocycles. The van der Waals surface area contributed by atoms with Crippen LogP contribution < -0.4 is 0 Å². The summed E-state index contributed by atoms with van der Waals surface area (Å²) in [5, 5.41) is 9.51. The third-order valence-corrected chi connectivity index (χ3v) is 7.40. The summed E-state index contributed by atoms with van der Waals surface area (Å²) < 4.78 is 5.97. The van der Waals surface area contributed by atoms with Crippen LogP contribution in [0.1, 0.15) is 91.9 Å². The minimum Gasteiger partial charge on any atom is -0.456 e. The van der Waals surface area contributed by atoms with Gasteiger partial charge in [-0.3, -0.25) is 4.79 Å². The van der Waals surface area contributed by atoms with Gasteiger partial charge in [-0.15, -0.1) is 0 Å². The smallest absolute Gasteiger partial charge is 0.289 e. The van der Waals surface area contributed by atoms with Crippen LogP contribution in [0.15, 0.2) is 28.7 Å². The number of fused-ring (bicyclic) bond motifs is 1. The van der Waals surface area contributed by atoms with E-state index < -0.39 is 0 Å². The Kier molecular flexibility index (Phi) is 5.34. The van der Waals surface area contributed by atoms with Crippen molar-refractivity contribution in [2.75, 3.05) is 13.2 Å². The number of furan rings is 1. The third-order valence-electron chi connectivity index (χ3n) is 7.40. The highest BCUT2D eigenvalue weighted by atomic mass is 16.4. The number of likely N-dealkylation sites (tertiary alicyclic amines) is 1. The number of carbonyl (C=O) groups excluding carboxylic acids is 1. The van der Waals surface area contributed by atoms with Gasteiger partial charge in [-0.05, 0) is 77.8 Å². The molecule has 0 bridgehead atoms. The van der Waals surface area contributed by atoms with E-state index in [0.717, 1.165) is 18.6 Å². The van der Waals surface area contributed by atoms with Crippen LogP contribution >= 0.6 is 0 Å². The first kappa shape index (κ1) is 21.2. The summed E-state index contributed by atoms with van der Waals surface area (Å²) in [6, 6.07) is 8.37. The molecule has 1 unspecified atom stereocenters. The lowest BCUT2D eigenvalue weighted by Gasteiger charge is -2.42. The van der Waals surface area contributed by atoms with Crippen molar-refractivity contribution in [3.63, 3.8) is 0 Å². The average Bonchev–Trinajstić information content (AvgIpc) is 3.35. The molecule has 1 amide bonds. The average molecular weight is 410 g/mol. The first-order valence-electron chi connectivity index (χ1n) is 11.3. The van der Waals surface area contributed by atoms with E-state index in [-0.39, 0.29) is 29.4 Å². The number of aliphatic hydroxyl groups excluding tert-OH is 1. The fourth-order valence-corrected chi connectivity index (χ4v) is 5.17. The minimum atomic E-state index is -0.108. The number of benzene rings is 1. The van der Waals surface area contributed by atoms with Crippen molar-refractivity contribution in [1.82, 2.24) is 4.90 Å². The van der Waals surface area contributed by atoms with Crippen LogP contribution in [0.4, 0.5) is 0 Å². The topological polar surface area (TPSA) is 53.7 Å². The molecule has 2 heterocycles. The molecule has 4 heteroatoms. The molecule has 2 aromatic rings. The normalized spacial score (nSPS) is 22.2. The van der Waals surface area contributed by atoms with Gasteiger partial charge in [0.1, 0.15) is 5.76 Å². The highest BCUT2D eigenvalue weighted by Crippen LogP contribution is 2.46. The molecule has 1 fully saturated rings. The van der Waals surface area contributed by atoms with E-state index in [1.807, 2.05) is 6.07 Å². The summed E-state index contributed by atoms with van der Waals surface area (Å²) >= 11 is 0. The summed E-state index contributed by atoms with van der Waals surface area (Å²) in [6.07, 6.45) is 4.88. The zero-order valence-electron chi connectivity index (χ0n) is 19.0. The molecule has 1 aliphatic carbocycles. The van der Waals surface area contributed by atoms with Gasteiger partial charge in [0.05, 0.1) is 12.6 Å². The molecule has 1 N–H and O–H groups in total. The summed E-state index contributed by atoms with van der Waals surface area (Å²) in [4.78, 5) is 14.6. The van der Waals surface area contributed by atoms with Crippen LogP contribution in [-0.4, -0.2) is 35.1 Å². The first-order valence-corrected chi connectivity index (χ1v) is 11.3. The van der Waals surface area contributed by atoms with Crippen molar-refractivity contribution < 1.29 is 14.3 Å². The largest absolute Gasteiger partial charge is 0.456 e. The van der Waals surface area contributed by atoms with Gasteiger partial charge < -0.3 is 14.4 Å². The van der Waals surface area contributed by atoms with Crippen molar-refractivity contribution in [2.45, 2.75) is 83.6 Å². The van der Waals surface area contributed by atoms with Crippen LogP contribution in [0.3, 0.4) is 0 Å². The predicted octanol–water partition coefficient (Wildman–Crippen LogP) is 5.12. The van der Waals surface area contributed by atoms with Crippen LogP contribution in [0.25, 0.3) is 0 Å². The molecule has 2 aliphatic rings. The molecule has 1 aromatic carbocycles. The molecule has 0 spiro atoms. The molecular formula is C26H35NO3. The van der Waals surface area contributed by atoms with Crippen LogP contribution in [0.5, 0.6) is 0 Å². The number of aryl methyl sites for hydroxylation is 1. The lowest BCUT2D eigenvalue weighted by molar-refractivity contribution is 0.0644. The monoisotopic (exact) mass is 409 g/mol. The van der Waals surface area contributed by atoms with Gasteiger partial charge in [-0.25, -0.2) is 0 Å². The minimum absolute atomic E-state index is 0.0137. The number of nitrogens with zero attached hydrogens (tertiary/aromatic N) is 1. The number of hydrogen-bond donors (Lipinski definition) is 1. The zero-order chi connectivity index (χ0) is 21.7. The zero-order valence-corrected chi connectivity index (χ0v) is 19.0. The molecule has 0 radical (unpaired) electrons. The number of hydrogen-bond acceptors (Lipinski definition) is 3. The van der Waals surface area contributed by atoms with Gasteiger partial charge in [0, 0.05) is 13.0 Å². The Morgan fingerprint density at radius 2 is 1.80 bits per heavy atom. The Morgan fingerprint density at radius 3 is 2.47 bits per heavy atom. The molecule has 1 aromatic heterocycles. The lowest BCUT2D eigenvalue weighted by Crippen LogP contribution is -2.37.